The molecule has 1 atom stereocenters. The van der Waals surface area contributed by atoms with Crippen molar-refractivity contribution in [2.45, 2.75) is 13.0 Å². The normalized spacial score (nSPS) is 11.7. The van der Waals surface area contributed by atoms with E-state index in [4.69, 9.17) is 27.9 Å². The highest BCUT2D eigenvalue weighted by atomic mass is 35.5. The van der Waals surface area contributed by atoms with Crippen LogP contribution in [0.5, 0.6) is 0 Å². The second-order valence-corrected chi connectivity index (χ2v) is 6.97. The molecule has 0 aliphatic heterocycles. The molecule has 0 aliphatic carbocycles. The minimum Gasteiger partial charge on any atom is -0.448 e. The number of nitrogens with zero attached hydrogens (tertiary/aromatic N) is 3. The molecule has 0 aliphatic rings. The monoisotopic (exact) mass is 422 g/mol. The number of carbonyl (C=O) groups is 2. The largest absolute Gasteiger partial charge is 0.448 e. The summed E-state index contributed by atoms with van der Waals surface area (Å²) in [5, 5.41) is 5.31. The van der Waals surface area contributed by atoms with Gasteiger partial charge in [-0.2, -0.15) is 0 Å². The van der Waals surface area contributed by atoms with Crippen molar-refractivity contribution in [3.05, 3.63) is 57.8 Å². The van der Waals surface area contributed by atoms with Gasteiger partial charge in [0.15, 0.2) is 22.6 Å². The molecule has 0 radical (unpaired) electrons. The number of hydrogen-bond acceptors (Lipinski definition) is 7. The van der Waals surface area contributed by atoms with E-state index in [0.717, 1.165) is 0 Å². The number of thiazole rings is 1. The summed E-state index contributed by atoms with van der Waals surface area (Å²) < 4.78 is 5.17. The molecule has 27 heavy (non-hydrogen) atoms. The molecule has 2 aromatic heterocycles. The number of rotatable bonds is 5. The third kappa shape index (κ3) is 4.79. The van der Waals surface area contributed by atoms with Gasteiger partial charge < -0.3 is 10.1 Å². The number of benzene rings is 1. The molecule has 138 valence electrons. The number of carbonyl (C=O) groups excluding carboxylic acids is 2. The van der Waals surface area contributed by atoms with Crippen molar-refractivity contribution in [2.75, 3.05) is 5.32 Å². The molecule has 1 N–H and O–H groups in total. The summed E-state index contributed by atoms with van der Waals surface area (Å²) in [6.45, 7) is 1.45. The Labute approximate surface area is 168 Å². The second-order valence-electron chi connectivity index (χ2n) is 5.27. The number of amides is 1. The molecule has 0 spiro atoms. The summed E-state index contributed by atoms with van der Waals surface area (Å²) >= 11 is 13.0. The number of nitrogens with one attached hydrogen (secondary N) is 1. The first-order valence-corrected chi connectivity index (χ1v) is 9.27. The van der Waals surface area contributed by atoms with E-state index in [-0.39, 0.29) is 10.7 Å². The van der Waals surface area contributed by atoms with Crippen molar-refractivity contribution in [1.29, 1.82) is 0 Å². The Kier molecular flexibility index (Phi) is 6.00. The number of esters is 1. The van der Waals surface area contributed by atoms with E-state index in [2.05, 4.69) is 20.3 Å². The highest BCUT2D eigenvalue weighted by molar-refractivity contribution is 7.13. The number of aromatic nitrogens is 3. The van der Waals surface area contributed by atoms with Gasteiger partial charge in [0, 0.05) is 22.8 Å². The summed E-state index contributed by atoms with van der Waals surface area (Å²) in [7, 11) is 0. The van der Waals surface area contributed by atoms with Gasteiger partial charge in [0.2, 0.25) is 0 Å². The Morgan fingerprint density at radius 3 is 2.67 bits per heavy atom. The Hall–Kier alpha value is -2.55. The second kappa shape index (κ2) is 8.43. The van der Waals surface area contributed by atoms with E-state index in [1.807, 2.05) is 0 Å². The summed E-state index contributed by atoms with van der Waals surface area (Å²) in [5.41, 5.74) is 0.442. The molecule has 1 unspecified atom stereocenters. The molecule has 3 rings (SSSR count). The number of ether oxygens (including phenoxy) is 1. The topological polar surface area (TPSA) is 94.1 Å². The first kappa shape index (κ1) is 19.2. The van der Waals surface area contributed by atoms with Crippen molar-refractivity contribution in [3.63, 3.8) is 0 Å². The Morgan fingerprint density at radius 1 is 1.22 bits per heavy atom. The lowest BCUT2D eigenvalue weighted by Gasteiger charge is -2.13. The number of hydrogen-bond donors (Lipinski definition) is 1. The van der Waals surface area contributed by atoms with Crippen LogP contribution in [-0.2, 0) is 9.53 Å². The van der Waals surface area contributed by atoms with E-state index in [0.29, 0.717) is 21.5 Å². The fourth-order valence-electron chi connectivity index (χ4n) is 1.98. The van der Waals surface area contributed by atoms with Crippen molar-refractivity contribution in [3.8, 4) is 10.8 Å². The van der Waals surface area contributed by atoms with Gasteiger partial charge in [0.05, 0.1) is 10.7 Å². The molecular weight excluding hydrogens is 411 g/mol. The maximum absolute atomic E-state index is 12.2. The average molecular weight is 423 g/mol. The SMILES string of the molecule is CC(OC(=O)c1csc(-c2ncccn2)n1)C(=O)Nc1ccc(Cl)cc1Cl. The Morgan fingerprint density at radius 2 is 1.96 bits per heavy atom. The first-order chi connectivity index (χ1) is 12.9. The van der Waals surface area contributed by atoms with Crippen LogP contribution in [0.1, 0.15) is 17.4 Å². The van der Waals surface area contributed by atoms with E-state index >= 15 is 0 Å². The molecule has 0 bridgehead atoms. The lowest BCUT2D eigenvalue weighted by molar-refractivity contribution is -0.123. The molecule has 0 fully saturated rings. The third-order valence-corrected chi connectivity index (χ3v) is 4.70. The molecule has 7 nitrogen and oxygen atoms in total. The van der Waals surface area contributed by atoms with Crippen LogP contribution in [0.3, 0.4) is 0 Å². The zero-order valence-electron chi connectivity index (χ0n) is 13.8. The minimum atomic E-state index is -1.05. The molecule has 2 heterocycles. The molecular formula is C17H12Cl2N4O3S. The molecule has 1 amide bonds. The molecule has 10 heteroatoms. The lowest BCUT2D eigenvalue weighted by atomic mass is 10.3. The van der Waals surface area contributed by atoms with Crippen molar-refractivity contribution in [2.24, 2.45) is 0 Å². The van der Waals surface area contributed by atoms with Crippen molar-refractivity contribution >= 4 is 52.1 Å². The average Bonchev–Trinajstić information content (AvgIpc) is 3.15. The van der Waals surface area contributed by atoms with Gasteiger partial charge in [-0.1, -0.05) is 23.2 Å². The molecule has 1 aromatic carbocycles. The lowest BCUT2D eigenvalue weighted by Crippen LogP contribution is -2.30. The van der Waals surface area contributed by atoms with Gasteiger partial charge in [-0.05, 0) is 31.2 Å². The van der Waals surface area contributed by atoms with Gasteiger partial charge in [-0.25, -0.2) is 19.7 Å². The van der Waals surface area contributed by atoms with E-state index in [9.17, 15) is 9.59 Å². The smallest absolute Gasteiger partial charge is 0.358 e. The third-order valence-electron chi connectivity index (χ3n) is 3.31. The van der Waals surface area contributed by atoms with Gasteiger partial charge in [0.1, 0.15) is 0 Å². The van der Waals surface area contributed by atoms with Crippen molar-refractivity contribution < 1.29 is 14.3 Å². The van der Waals surface area contributed by atoms with E-state index < -0.39 is 18.0 Å². The maximum Gasteiger partial charge on any atom is 0.358 e. The van der Waals surface area contributed by atoms with Crippen LogP contribution >= 0.6 is 34.5 Å². The van der Waals surface area contributed by atoms with Crippen LogP contribution in [0.4, 0.5) is 5.69 Å². The Bertz CT molecular complexity index is 981. The maximum atomic E-state index is 12.2. The predicted octanol–water partition coefficient (Wildman–Crippen LogP) is 4.09. The molecule has 0 saturated carbocycles. The van der Waals surface area contributed by atoms with Crippen LogP contribution in [-0.4, -0.2) is 32.9 Å². The van der Waals surface area contributed by atoms with Crippen LogP contribution in [0.25, 0.3) is 10.8 Å². The number of anilines is 1. The van der Waals surface area contributed by atoms with E-state index in [1.165, 1.54) is 29.7 Å². The highest BCUT2D eigenvalue weighted by Crippen LogP contribution is 2.25. The Balaban J connectivity index is 1.63. The predicted molar refractivity (Wildman–Crippen MR) is 103 cm³/mol. The first-order valence-electron chi connectivity index (χ1n) is 7.64. The van der Waals surface area contributed by atoms with Crippen LogP contribution in [0.15, 0.2) is 42.0 Å². The summed E-state index contributed by atoms with van der Waals surface area (Å²) in [4.78, 5) is 36.7. The fraction of sp³-hybridized carbons (Fsp3) is 0.118. The van der Waals surface area contributed by atoms with Gasteiger partial charge in [0.25, 0.3) is 5.91 Å². The molecule has 0 saturated heterocycles. The zero-order valence-corrected chi connectivity index (χ0v) is 16.2. The van der Waals surface area contributed by atoms with Crippen LogP contribution in [0.2, 0.25) is 10.0 Å². The van der Waals surface area contributed by atoms with Crippen molar-refractivity contribution in [1.82, 2.24) is 15.0 Å². The number of halogens is 2. The fourth-order valence-corrected chi connectivity index (χ4v) is 3.17. The molecule has 3 aromatic rings. The summed E-state index contributed by atoms with van der Waals surface area (Å²) in [6.07, 6.45) is 2.11. The van der Waals surface area contributed by atoms with E-state index in [1.54, 1.807) is 30.6 Å². The van der Waals surface area contributed by atoms with Gasteiger partial charge >= 0.3 is 5.97 Å². The quantitative estimate of drug-likeness (QED) is 0.622. The minimum absolute atomic E-state index is 0.0756. The summed E-state index contributed by atoms with van der Waals surface area (Å²) in [5.74, 6) is -0.850. The highest BCUT2D eigenvalue weighted by Gasteiger charge is 2.22. The standard InChI is InChI=1S/C17H12Cl2N4O3S/c1-9(15(24)22-12-4-3-10(18)7-11(12)19)26-17(25)13-8-27-16(23-13)14-20-5-2-6-21-14/h2-9H,1H3,(H,22,24). The van der Waals surface area contributed by atoms with Gasteiger partial charge in [-0.15, -0.1) is 11.3 Å². The summed E-state index contributed by atoms with van der Waals surface area (Å²) in [6, 6.07) is 6.32. The van der Waals surface area contributed by atoms with Crippen LogP contribution < -0.4 is 5.32 Å². The van der Waals surface area contributed by atoms with Crippen LogP contribution in [0, 0.1) is 0 Å². The zero-order chi connectivity index (χ0) is 19.4. The van der Waals surface area contributed by atoms with Gasteiger partial charge in [-0.3, -0.25) is 4.79 Å².